The predicted octanol–water partition coefficient (Wildman–Crippen LogP) is 3.50. The number of carbonyl (C=O) groups is 1. The maximum Gasteiger partial charge on any atom is 0.410 e. The van der Waals surface area contributed by atoms with E-state index in [-0.39, 0.29) is 17.6 Å². The third-order valence-electron chi connectivity index (χ3n) is 6.19. The van der Waals surface area contributed by atoms with Crippen LogP contribution in [0.5, 0.6) is 0 Å². The highest BCUT2D eigenvalue weighted by Gasteiger charge is 2.43. The maximum atomic E-state index is 12.3. The molecule has 1 unspecified atom stereocenters. The molecule has 1 saturated carbocycles. The molecule has 1 amide bonds. The van der Waals surface area contributed by atoms with Crippen LogP contribution in [0.4, 0.5) is 4.79 Å². The van der Waals surface area contributed by atoms with Gasteiger partial charge in [-0.1, -0.05) is 11.2 Å². The van der Waals surface area contributed by atoms with E-state index in [0.717, 1.165) is 44.4 Å². The Morgan fingerprint density at radius 3 is 2.72 bits per heavy atom. The monoisotopic (exact) mass is 398 g/mol. The summed E-state index contributed by atoms with van der Waals surface area (Å²) in [4.78, 5) is 23.4. The van der Waals surface area contributed by atoms with E-state index in [2.05, 4.69) is 10.1 Å². The van der Waals surface area contributed by atoms with Crippen LogP contribution in [0.1, 0.15) is 62.4 Å². The highest BCUT2D eigenvalue weighted by Crippen LogP contribution is 2.39. The van der Waals surface area contributed by atoms with E-state index in [4.69, 9.17) is 19.0 Å². The summed E-state index contributed by atoms with van der Waals surface area (Å²) in [7, 11) is 0. The summed E-state index contributed by atoms with van der Waals surface area (Å²) in [5.41, 5.74) is 1.48. The molecule has 0 N–H and O–H groups in total. The second kappa shape index (κ2) is 7.40. The molecule has 1 atom stereocenters. The van der Waals surface area contributed by atoms with Gasteiger partial charge < -0.3 is 18.9 Å². The number of piperidine rings is 1. The second-order valence-electron chi connectivity index (χ2n) is 8.55. The summed E-state index contributed by atoms with van der Waals surface area (Å²) in [5.74, 6) is 1.65. The molecule has 0 radical (unpaired) electrons. The molecule has 2 saturated heterocycles. The van der Waals surface area contributed by atoms with Crippen LogP contribution < -0.4 is 0 Å². The summed E-state index contributed by atoms with van der Waals surface area (Å²) in [5, 5.41) is 4.20. The number of aromatic nitrogens is 3. The van der Waals surface area contributed by atoms with Crippen LogP contribution in [0.3, 0.4) is 0 Å². The van der Waals surface area contributed by atoms with E-state index in [1.807, 2.05) is 25.1 Å². The Morgan fingerprint density at radius 1 is 1.17 bits per heavy atom. The van der Waals surface area contributed by atoms with Crippen LogP contribution in [0.2, 0.25) is 0 Å². The molecule has 29 heavy (non-hydrogen) atoms. The molecule has 8 nitrogen and oxygen atoms in total. The topological polar surface area (TPSA) is 90.6 Å². The fourth-order valence-corrected chi connectivity index (χ4v) is 3.94. The number of nitrogens with zero attached hydrogens (tertiary/aromatic N) is 4. The molecular weight excluding hydrogens is 372 g/mol. The fraction of sp³-hybridized carbons (Fsp3) is 0.619. The average Bonchev–Trinajstić information content (AvgIpc) is 3.18. The lowest BCUT2D eigenvalue weighted by molar-refractivity contribution is 0.0518. The standard InChI is InChI=1S/C21H26N4O4/c1-21(8-9-21)28-20(26)25-10-5-14(6-11-25)18-23-19(29-24-18)17-4-2-3-16(22-17)15-7-12-27-13-15/h2-4,14-15H,5-13H2,1H3. The first kappa shape index (κ1) is 18.5. The summed E-state index contributed by atoms with van der Waals surface area (Å²) >= 11 is 0. The van der Waals surface area contributed by atoms with E-state index in [1.54, 1.807) is 4.90 Å². The van der Waals surface area contributed by atoms with Crippen LogP contribution in [0, 0.1) is 0 Å². The zero-order valence-electron chi connectivity index (χ0n) is 16.7. The van der Waals surface area contributed by atoms with Crippen molar-refractivity contribution in [3.8, 4) is 11.6 Å². The predicted molar refractivity (Wildman–Crippen MR) is 103 cm³/mol. The lowest BCUT2D eigenvalue weighted by atomic mass is 9.96. The van der Waals surface area contributed by atoms with Gasteiger partial charge in [-0.2, -0.15) is 4.98 Å². The highest BCUT2D eigenvalue weighted by atomic mass is 16.6. The Bertz CT molecular complexity index is 880. The Labute approximate surface area is 169 Å². The van der Waals surface area contributed by atoms with Gasteiger partial charge in [-0.25, -0.2) is 9.78 Å². The van der Waals surface area contributed by atoms with E-state index < -0.39 is 0 Å². The Morgan fingerprint density at radius 2 is 2.00 bits per heavy atom. The van der Waals surface area contributed by atoms with Crippen molar-refractivity contribution in [2.24, 2.45) is 0 Å². The molecule has 0 bridgehead atoms. The van der Waals surface area contributed by atoms with Crippen molar-refractivity contribution in [3.05, 3.63) is 29.7 Å². The molecule has 5 rings (SSSR count). The SMILES string of the molecule is CC1(OC(=O)N2CCC(c3noc(-c4cccc(C5CCOC5)n4)n3)CC2)CC1. The minimum absolute atomic E-state index is 0.180. The van der Waals surface area contributed by atoms with Gasteiger partial charge in [-0.15, -0.1) is 0 Å². The summed E-state index contributed by atoms with van der Waals surface area (Å²) < 4.78 is 16.5. The van der Waals surface area contributed by atoms with Crippen LogP contribution in [-0.4, -0.2) is 58.0 Å². The van der Waals surface area contributed by atoms with Crippen molar-refractivity contribution < 1.29 is 18.8 Å². The summed E-state index contributed by atoms with van der Waals surface area (Å²) in [6.45, 7) is 4.79. The van der Waals surface area contributed by atoms with Gasteiger partial charge in [0, 0.05) is 37.2 Å². The van der Waals surface area contributed by atoms with E-state index in [1.165, 1.54) is 0 Å². The Balaban J connectivity index is 1.22. The molecule has 3 fully saturated rings. The van der Waals surface area contributed by atoms with Gasteiger partial charge in [0.25, 0.3) is 5.89 Å². The molecule has 2 aromatic heterocycles. The van der Waals surface area contributed by atoms with E-state index in [0.29, 0.717) is 43.0 Å². The van der Waals surface area contributed by atoms with E-state index in [9.17, 15) is 4.79 Å². The Kier molecular flexibility index (Phi) is 4.73. The van der Waals surface area contributed by atoms with Crippen molar-refractivity contribution in [3.63, 3.8) is 0 Å². The third-order valence-corrected chi connectivity index (χ3v) is 6.19. The number of ether oxygens (including phenoxy) is 2. The van der Waals surface area contributed by atoms with Gasteiger partial charge in [-0.05, 0) is 51.2 Å². The Hall–Kier alpha value is -2.48. The van der Waals surface area contributed by atoms with Gasteiger partial charge in [-0.3, -0.25) is 0 Å². The molecule has 3 aliphatic rings. The molecule has 2 aliphatic heterocycles. The summed E-state index contributed by atoms with van der Waals surface area (Å²) in [6.07, 6.45) is 4.32. The first-order valence-electron chi connectivity index (χ1n) is 10.5. The zero-order valence-corrected chi connectivity index (χ0v) is 16.7. The number of rotatable bonds is 4. The molecule has 0 spiro atoms. The average molecular weight is 398 g/mol. The number of pyridine rings is 1. The maximum absolute atomic E-state index is 12.3. The smallest absolute Gasteiger partial charge is 0.410 e. The highest BCUT2D eigenvalue weighted by molar-refractivity contribution is 5.68. The second-order valence-corrected chi connectivity index (χ2v) is 8.55. The molecule has 1 aliphatic carbocycles. The van der Waals surface area contributed by atoms with Crippen molar-refractivity contribution in [2.75, 3.05) is 26.3 Å². The minimum Gasteiger partial charge on any atom is -0.443 e. The number of hydrogen-bond donors (Lipinski definition) is 0. The van der Waals surface area contributed by atoms with Gasteiger partial charge >= 0.3 is 6.09 Å². The van der Waals surface area contributed by atoms with Gasteiger partial charge in [0.15, 0.2) is 5.82 Å². The molecular formula is C21H26N4O4. The van der Waals surface area contributed by atoms with Crippen molar-refractivity contribution in [1.82, 2.24) is 20.0 Å². The lowest BCUT2D eigenvalue weighted by Gasteiger charge is -2.30. The van der Waals surface area contributed by atoms with Crippen molar-refractivity contribution in [2.45, 2.75) is 56.5 Å². The molecule has 4 heterocycles. The first-order valence-corrected chi connectivity index (χ1v) is 10.5. The molecule has 2 aromatic rings. The fourth-order valence-electron chi connectivity index (χ4n) is 3.94. The van der Waals surface area contributed by atoms with Crippen LogP contribution in [0.15, 0.2) is 22.7 Å². The normalized spacial score (nSPS) is 23.9. The minimum atomic E-state index is -0.233. The molecule has 154 valence electrons. The van der Waals surface area contributed by atoms with Crippen molar-refractivity contribution >= 4 is 6.09 Å². The first-order chi connectivity index (χ1) is 14.1. The van der Waals surface area contributed by atoms with Crippen LogP contribution in [-0.2, 0) is 9.47 Å². The van der Waals surface area contributed by atoms with Gasteiger partial charge in [0.05, 0.1) is 6.61 Å². The molecule has 0 aromatic carbocycles. The number of amides is 1. The summed E-state index contributed by atoms with van der Waals surface area (Å²) in [6, 6.07) is 5.90. The number of hydrogen-bond acceptors (Lipinski definition) is 7. The van der Waals surface area contributed by atoms with Crippen LogP contribution in [0.25, 0.3) is 11.6 Å². The van der Waals surface area contributed by atoms with Crippen molar-refractivity contribution in [1.29, 1.82) is 0 Å². The zero-order chi connectivity index (χ0) is 19.8. The van der Waals surface area contributed by atoms with Crippen LogP contribution >= 0.6 is 0 Å². The quantitative estimate of drug-likeness (QED) is 0.778. The van der Waals surface area contributed by atoms with Gasteiger partial charge in [0.2, 0.25) is 0 Å². The van der Waals surface area contributed by atoms with Gasteiger partial charge in [0.1, 0.15) is 11.3 Å². The largest absolute Gasteiger partial charge is 0.443 e. The lowest BCUT2D eigenvalue weighted by Crippen LogP contribution is -2.40. The van der Waals surface area contributed by atoms with E-state index >= 15 is 0 Å². The number of likely N-dealkylation sites (tertiary alicyclic amines) is 1. The number of carbonyl (C=O) groups excluding carboxylic acids is 1. The third kappa shape index (κ3) is 3.99. The molecule has 8 heteroatoms.